The van der Waals surface area contributed by atoms with E-state index in [4.69, 9.17) is 0 Å². The predicted molar refractivity (Wildman–Crippen MR) is 80.0 cm³/mol. The highest BCUT2D eigenvalue weighted by Crippen LogP contribution is 2.28. The number of aromatic nitrogens is 3. The van der Waals surface area contributed by atoms with Gasteiger partial charge in [0.15, 0.2) is 0 Å². The van der Waals surface area contributed by atoms with Crippen molar-refractivity contribution in [1.82, 2.24) is 20.1 Å². The van der Waals surface area contributed by atoms with Gasteiger partial charge in [-0.3, -0.25) is 25.0 Å². The fourth-order valence-corrected chi connectivity index (χ4v) is 3.21. The summed E-state index contributed by atoms with van der Waals surface area (Å²) < 4.78 is 0. The van der Waals surface area contributed by atoms with E-state index in [9.17, 15) is 19.7 Å². The molecule has 0 radical (unpaired) electrons. The van der Waals surface area contributed by atoms with E-state index in [0.29, 0.717) is 19.4 Å². The largest absolute Gasteiger partial charge is 0.326 e. The lowest BCUT2D eigenvalue weighted by Crippen LogP contribution is -2.43. The zero-order chi connectivity index (χ0) is 16.4. The number of likely N-dealkylation sites (tertiary alicyclic amines) is 1. The maximum atomic E-state index is 12.5. The summed E-state index contributed by atoms with van der Waals surface area (Å²) in [7, 11) is 0. The van der Waals surface area contributed by atoms with E-state index >= 15 is 0 Å². The normalized spacial score (nSPS) is 17.2. The molecular formula is C12H12N6O4S. The van der Waals surface area contributed by atoms with Gasteiger partial charge in [-0.2, -0.15) is 10.1 Å². The first-order valence-corrected chi connectivity index (χ1v) is 7.59. The molecule has 3 heterocycles. The van der Waals surface area contributed by atoms with Crippen molar-refractivity contribution < 1.29 is 14.5 Å². The summed E-state index contributed by atoms with van der Waals surface area (Å²) in [6.07, 6.45) is 2.48. The van der Waals surface area contributed by atoms with E-state index in [1.54, 1.807) is 0 Å². The molecule has 2 N–H and O–H groups in total. The number of nitro groups is 1. The van der Waals surface area contributed by atoms with Gasteiger partial charge in [-0.05, 0) is 18.9 Å². The van der Waals surface area contributed by atoms with Crippen molar-refractivity contribution in [2.45, 2.75) is 18.9 Å². The highest BCUT2D eigenvalue weighted by atomic mass is 32.1. The molecule has 0 aromatic carbocycles. The van der Waals surface area contributed by atoms with Gasteiger partial charge in [0, 0.05) is 12.6 Å². The Kier molecular flexibility index (Phi) is 4.02. The number of aromatic amines is 1. The minimum absolute atomic E-state index is 0.102. The van der Waals surface area contributed by atoms with Crippen LogP contribution in [0.1, 0.15) is 22.5 Å². The molecule has 120 valence electrons. The number of nitrogens with one attached hydrogen (secondary N) is 2. The Balaban J connectivity index is 1.73. The molecule has 10 nitrogen and oxygen atoms in total. The monoisotopic (exact) mass is 336 g/mol. The first kappa shape index (κ1) is 15.1. The number of hydrogen-bond donors (Lipinski definition) is 2. The molecule has 2 aromatic rings. The average molecular weight is 336 g/mol. The molecule has 0 saturated carbocycles. The van der Waals surface area contributed by atoms with Gasteiger partial charge < -0.3 is 4.90 Å². The van der Waals surface area contributed by atoms with Gasteiger partial charge >= 0.3 is 5.00 Å². The van der Waals surface area contributed by atoms with Crippen LogP contribution < -0.4 is 5.32 Å². The number of hydrogen-bond acceptors (Lipinski definition) is 7. The summed E-state index contributed by atoms with van der Waals surface area (Å²) in [4.78, 5) is 40.4. The van der Waals surface area contributed by atoms with Crippen LogP contribution in [-0.4, -0.2) is 49.4 Å². The van der Waals surface area contributed by atoms with Crippen molar-refractivity contribution in [2.75, 3.05) is 11.9 Å². The van der Waals surface area contributed by atoms with E-state index in [1.807, 2.05) is 0 Å². The third-order valence-electron chi connectivity index (χ3n) is 3.46. The lowest BCUT2D eigenvalue weighted by molar-refractivity contribution is -0.380. The molecule has 1 fully saturated rings. The van der Waals surface area contributed by atoms with Crippen molar-refractivity contribution >= 4 is 34.1 Å². The van der Waals surface area contributed by atoms with Crippen LogP contribution in [0.25, 0.3) is 0 Å². The summed E-state index contributed by atoms with van der Waals surface area (Å²) >= 11 is 0.805. The number of carbonyl (C=O) groups is 2. The van der Waals surface area contributed by atoms with Gasteiger partial charge in [-0.1, -0.05) is 11.3 Å². The Morgan fingerprint density at radius 2 is 2.30 bits per heavy atom. The van der Waals surface area contributed by atoms with Crippen LogP contribution in [0.15, 0.2) is 18.5 Å². The topological polar surface area (TPSA) is 134 Å². The Hall–Kier alpha value is -2.82. The highest BCUT2D eigenvalue weighted by Gasteiger charge is 2.35. The first-order valence-electron chi connectivity index (χ1n) is 6.77. The summed E-state index contributed by atoms with van der Waals surface area (Å²) in [5, 5.41) is 19.3. The van der Waals surface area contributed by atoms with Crippen molar-refractivity contribution in [3.8, 4) is 0 Å². The van der Waals surface area contributed by atoms with Crippen LogP contribution in [0.5, 0.6) is 0 Å². The number of H-pyrrole nitrogens is 1. The van der Waals surface area contributed by atoms with Crippen LogP contribution in [0, 0.1) is 10.1 Å². The second-order valence-corrected chi connectivity index (χ2v) is 5.94. The van der Waals surface area contributed by atoms with Crippen LogP contribution >= 0.6 is 11.3 Å². The Morgan fingerprint density at radius 3 is 2.96 bits per heavy atom. The average Bonchev–Trinajstić information content (AvgIpc) is 3.26. The second kappa shape index (κ2) is 6.12. The molecule has 0 spiro atoms. The van der Waals surface area contributed by atoms with Gasteiger partial charge in [0.05, 0.1) is 9.80 Å². The molecule has 1 atom stereocenters. The van der Waals surface area contributed by atoms with Crippen molar-refractivity contribution in [2.24, 2.45) is 0 Å². The Labute approximate surface area is 133 Å². The van der Waals surface area contributed by atoms with Crippen molar-refractivity contribution in [3.63, 3.8) is 0 Å². The second-order valence-electron chi connectivity index (χ2n) is 4.87. The molecule has 1 saturated heterocycles. The number of carbonyl (C=O) groups excluding carboxylic acids is 2. The fourth-order valence-electron chi connectivity index (χ4n) is 2.43. The lowest BCUT2D eigenvalue weighted by atomic mass is 10.2. The lowest BCUT2D eigenvalue weighted by Gasteiger charge is -2.22. The quantitative estimate of drug-likeness (QED) is 0.632. The minimum atomic E-state index is -0.631. The van der Waals surface area contributed by atoms with E-state index in [0.717, 1.165) is 11.3 Å². The summed E-state index contributed by atoms with van der Waals surface area (Å²) in [5.41, 5.74) is 0. The fraction of sp³-hybridized carbons (Fsp3) is 0.333. The molecular weight excluding hydrogens is 324 g/mol. The predicted octanol–water partition coefficient (Wildman–Crippen LogP) is 1.02. The van der Waals surface area contributed by atoms with E-state index in [-0.39, 0.29) is 27.6 Å². The Bertz CT molecular complexity index is 743. The maximum absolute atomic E-state index is 12.5. The standard InChI is InChI=1S/C12H12N6O4S/c19-10(15-12-13-6-14-16-12)7-2-1-5-17(7)11(20)8-3-4-9(23-8)18(21)22/h3-4,6-7H,1-2,5H2,(H2,13,14,15,16,19). The van der Waals surface area contributed by atoms with E-state index in [1.165, 1.54) is 23.4 Å². The highest BCUT2D eigenvalue weighted by molar-refractivity contribution is 7.17. The van der Waals surface area contributed by atoms with Crippen LogP contribution in [0.2, 0.25) is 0 Å². The first-order chi connectivity index (χ1) is 11.1. The molecule has 11 heteroatoms. The van der Waals surface area contributed by atoms with Crippen molar-refractivity contribution in [1.29, 1.82) is 0 Å². The number of amides is 2. The van der Waals surface area contributed by atoms with Gasteiger partial charge in [0.25, 0.3) is 5.91 Å². The summed E-state index contributed by atoms with van der Waals surface area (Å²) in [6, 6.07) is 2.07. The number of thiophene rings is 1. The third kappa shape index (κ3) is 3.04. The van der Waals surface area contributed by atoms with E-state index < -0.39 is 11.0 Å². The molecule has 0 bridgehead atoms. The number of rotatable bonds is 4. The molecule has 0 aliphatic carbocycles. The van der Waals surface area contributed by atoms with Crippen LogP contribution in [-0.2, 0) is 4.79 Å². The number of anilines is 1. The molecule has 3 rings (SSSR count). The Morgan fingerprint density at radius 1 is 1.48 bits per heavy atom. The zero-order valence-electron chi connectivity index (χ0n) is 11.8. The summed E-state index contributed by atoms with van der Waals surface area (Å²) in [5.74, 6) is -0.530. The van der Waals surface area contributed by atoms with Gasteiger partial charge in [-0.15, -0.1) is 0 Å². The van der Waals surface area contributed by atoms with E-state index in [2.05, 4.69) is 20.5 Å². The molecule has 1 aliphatic rings. The molecule has 1 aliphatic heterocycles. The minimum Gasteiger partial charge on any atom is -0.326 e. The number of nitrogens with zero attached hydrogens (tertiary/aromatic N) is 4. The summed E-state index contributed by atoms with van der Waals surface area (Å²) in [6.45, 7) is 0.430. The molecule has 2 aromatic heterocycles. The maximum Gasteiger partial charge on any atom is 0.324 e. The smallest absolute Gasteiger partial charge is 0.324 e. The van der Waals surface area contributed by atoms with Gasteiger partial charge in [0.1, 0.15) is 12.4 Å². The molecule has 2 amide bonds. The van der Waals surface area contributed by atoms with Crippen LogP contribution in [0.4, 0.5) is 10.9 Å². The molecule has 23 heavy (non-hydrogen) atoms. The zero-order valence-corrected chi connectivity index (χ0v) is 12.6. The SMILES string of the molecule is O=C(Nc1ncn[nH]1)C1CCCN1C(=O)c1ccc([N+](=O)[O-])s1. The molecule has 1 unspecified atom stereocenters. The third-order valence-corrected chi connectivity index (χ3v) is 4.48. The van der Waals surface area contributed by atoms with Crippen molar-refractivity contribution in [3.05, 3.63) is 33.5 Å². The van der Waals surface area contributed by atoms with Crippen LogP contribution in [0.3, 0.4) is 0 Å². The van der Waals surface area contributed by atoms with Gasteiger partial charge in [-0.25, -0.2) is 5.10 Å². The van der Waals surface area contributed by atoms with Gasteiger partial charge in [0.2, 0.25) is 11.9 Å².